The Morgan fingerprint density at radius 3 is 2.21 bits per heavy atom. The van der Waals surface area contributed by atoms with Crippen LogP contribution in [0.15, 0.2) is 54.6 Å². The first-order valence-electron chi connectivity index (χ1n) is 8.10. The first kappa shape index (κ1) is 20.9. The second kappa shape index (κ2) is 9.00. The van der Waals surface area contributed by atoms with Gasteiger partial charge in [-0.3, -0.25) is 14.8 Å². The molecule has 0 fully saturated rings. The van der Waals surface area contributed by atoms with Crippen molar-refractivity contribution in [3.05, 3.63) is 60.2 Å². The number of nitrogens with one attached hydrogen (secondary N) is 3. The van der Waals surface area contributed by atoms with Crippen molar-refractivity contribution in [2.45, 2.75) is 13.0 Å². The lowest BCUT2D eigenvalue weighted by molar-refractivity contribution is -0.127. The molecule has 3 N–H and O–H groups in total. The molecule has 1 atom stereocenters. The molecule has 0 saturated carbocycles. The summed E-state index contributed by atoms with van der Waals surface area (Å²) in [6.07, 6.45) is -0.350. The lowest BCUT2D eigenvalue weighted by atomic mass is 10.2. The van der Waals surface area contributed by atoms with Gasteiger partial charge in [-0.2, -0.15) is 0 Å². The molecule has 0 aromatic heterocycles. The summed E-state index contributed by atoms with van der Waals surface area (Å²) in [6, 6.07) is 13.5. The lowest BCUT2D eigenvalue weighted by Crippen LogP contribution is -2.41. The molecule has 0 aliphatic carbocycles. The molecule has 0 aliphatic rings. The van der Waals surface area contributed by atoms with Crippen LogP contribution in [0.4, 0.5) is 16.2 Å². The molecule has 0 aliphatic heterocycles. The third kappa shape index (κ3) is 6.40. The number of urea groups is 1. The van der Waals surface area contributed by atoms with E-state index in [-0.39, 0.29) is 11.3 Å². The minimum Gasteiger partial charge on any atom is -0.449 e. The number of para-hydroxylation sites is 2. The Morgan fingerprint density at radius 2 is 1.57 bits per heavy atom. The van der Waals surface area contributed by atoms with Crippen molar-refractivity contribution >= 4 is 39.3 Å². The topological polar surface area (TPSA) is 131 Å². The number of amides is 3. The van der Waals surface area contributed by atoms with Crippen LogP contribution >= 0.6 is 0 Å². The monoisotopic (exact) mass is 405 g/mol. The fourth-order valence-electron chi connectivity index (χ4n) is 2.12. The highest BCUT2D eigenvalue weighted by Crippen LogP contribution is 2.18. The number of benzene rings is 2. The molecule has 148 valence electrons. The smallest absolute Gasteiger partial charge is 0.341 e. The van der Waals surface area contributed by atoms with E-state index in [0.29, 0.717) is 5.69 Å². The number of hydrogen-bond acceptors (Lipinski definition) is 6. The van der Waals surface area contributed by atoms with Gasteiger partial charge in [0, 0.05) is 5.69 Å². The Balaban J connectivity index is 1.98. The Morgan fingerprint density at radius 1 is 0.964 bits per heavy atom. The molecule has 9 nitrogen and oxygen atoms in total. The molecule has 0 saturated heterocycles. The molecule has 3 amide bonds. The molecule has 0 radical (unpaired) electrons. The van der Waals surface area contributed by atoms with Gasteiger partial charge >= 0.3 is 12.0 Å². The van der Waals surface area contributed by atoms with Crippen molar-refractivity contribution in [3.63, 3.8) is 0 Å². The summed E-state index contributed by atoms with van der Waals surface area (Å²) in [6.45, 7) is 1.29. The fraction of sp³-hybridized carbons (Fsp3) is 0.167. The van der Waals surface area contributed by atoms with Crippen molar-refractivity contribution in [2.75, 3.05) is 16.3 Å². The van der Waals surface area contributed by atoms with Crippen LogP contribution in [0.1, 0.15) is 17.3 Å². The molecule has 0 heterocycles. The number of sulfonamides is 1. The first-order chi connectivity index (χ1) is 13.2. The maximum Gasteiger partial charge on any atom is 0.341 e. The number of carbonyl (C=O) groups is 3. The van der Waals surface area contributed by atoms with Crippen molar-refractivity contribution < 1.29 is 27.5 Å². The summed E-state index contributed by atoms with van der Waals surface area (Å²) in [4.78, 5) is 36.2. The van der Waals surface area contributed by atoms with E-state index < -0.39 is 34.0 Å². The van der Waals surface area contributed by atoms with Crippen LogP contribution in [-0.2, 0) is 19.6 Å². The molecular weight excluding hydrogens is 386 g/mol. The summed E-state index contributed by atoms with van der Waals surface area (Å²) in [5.41, 5.74) is 0.434. The van der Waals surface area contributed by atoms with E-state index in [4.69, 9.17) is 4.74 Å². The van der Waals surface area contributed by atoms with Gasteiger partial charge in [-0.1, -0.05) is 30.3 Å². The summed E-state index contributed by atoms with van der Waals surface area (Å²) in [5.74, 6) is -1.76. The molecule has 28 heavy (non-hydrogen) atoms. The number of esters is 1. The first-order valence-corrected chi connectivity index (χ1v) is 9.99. The Labute approximate surface area is 162 Å². The van der Waals surface area contributed by atoms with Gasteiger partial charge in [0.1, 0.15) is 0 Å². The van der Waals surface area contributed by atoms with Crippen LogP contribution in [0.3, 0.4) is 0 Å². The van der Waals surface area contributed by atoms with E-state index >= 15 is 0 Å². The quantitative estimate of drug-likeness (QED) is 0.630. The third-order valence-corrected chi connectivity index (χ3v) is 3.95. The second-order valence-electron chi connectivity index (χ2n) is 5.78. The van der Waals surface area contributed by atoms with E-state index in [0.717, 1.165) is 6.26 Å². The van der Waals surface area contributed by atoms with Gasteiger partial charge in [0.25, 0.3) is 5.91 Å². The van der Waals surface area contributed by atoms with Gasteiger partial charge in [0.05, 0.1) is 17.5 Å². The highest BCUT2D eigenvalue weighted by molar-refractivity contribution is 7.92. The number of imide groups is 1. The molecule has 10 heteroatoms. The highest BCUT2D eigenvalue weighted by Gasteiger charge is 2.23. The van der Waals surface area contributed by atoms with Crippen molar-refractivity contribution in [1.82, 2.24) is 5.32 Å². The van der Waals surface area contributed by atoms with Crippen LogP contribution in [0, 0.1) is 0 Å². The minimum atomic E-state index is -3.61. The van der Waals surface area contributed by atoms with Gasteiger partial charge in [0.15, 0.2) is 6.10 Å². The van der Waals surface area contributed by atoms with Crippen molar-refractivity contribution in [1.29, 1.82) is 0 Å². The van der Waals surface area contributed by atoms with Crippen LogP contribution in [0.2, 0.25) is 0 Å². The summed E-state index contributed by atoms with van der Waals surface area (Å²) < 4.78 is 30.0. The number of anilines is 2. The number of hydrogen-bond donors (Lipinski definition) is 3. The van der Waals surface area contributed by atoms with E-state index in [1.165, 1.54) is 31.2 Å². The van der Waals surface area contributed by atoms with E-state index in [9.17, 15) is 22.8 Å². The predicted octanol–water partition coefficient (Wildman–Crippen LogP) is 1.95. The summed E-state index contributed by atoms with van der Waals surface area (Å²) in [7, 11) is -3.61. The number of rotatable bonds is 6. The molecular formula is C18H19N3O6S. The maximum absolute atomic E-state index is 12.3. The molecule has 0 spiro atoms. The third-order valence-electron chi connectivity index (χ3n) is 3.36. The second-order valence-corrected chi connectivity index (χ2v) is 7.53. The zero-order chi connectivity index (χ0) is 20.7. The standard InChI is InChI=1S/C18H19N3O6S/c1-12(16(22)20-18(24)19-13-8-4-3-5-9-13)27-17(23)14-10-6-7-11-15(14)21-28(2,25)26/h3-12,21H,1-2H3,(H2,19,20,22,24). The van der Waals surface area contributed by atoms with E-state index in [1.54, 1.807) is 30.3 Å². The lowest BCUT2D eigenvalue weighted by Gasteiger charge is -2.15. The molecule has 2 aromatic carbocycles. The van der Waals surface area contributed by atoms with Crippen LogP contribution in [-0.4, -0.2) is 38.7 Å². The zero-order valence-corrected chi connectivity index (χ0v) is 15.9. The van der Waals surface area contributed by atoms with E-state index in [2.05, 4.69) is 15.4 Å². The molecule has 2 rings (SSSR count). The van der Waals surface area contributed by atoms with Gasteiger partial charge in [-0.05, 0) is 31.2 Å². The average molecular weight is 405 g/mol. The van der Waals surface area contributed by atoms with Gasteiger partial charge in [-0.15, -0.1) is 0 Å². The Kier molecular flexibility index (Phi) is 6.72. The van der Waals surface area contributed by atoms with Crippen LogP contribution in [0.25, 0.3) is 0 Å². The van der Waals surface area contributed by atoms with Gasteiger partial charge in [0.2, 0.25) is 10.0 Å². The highest BCUT2D eigenvalue weighted by atomic mass is 32.2. The average Bonchev–Trinajstić information content (AvgIpc) is 2.61. The largest absolute Gasteiger partial charge is 0.449 e. The fourth-order valence-corrected chi connectivity index (χ4v) is 2.70. The maximum atomic E-state index is 12.3. The van der Waals surface area contributed by atoms with Gasteiger partial charge < -0.3 is 10.1 Å². The molecule has 1 unspecified atom stereocenters. The van der Waals surface area contributed by atoms with E-state index in [1.807, 2.05) is 0 Å². The predicted molar refractivity (Wildman–Crippen MR) is 103 cm³/mol. The summed E-state index contributed by atoms with van der Waals surface area (Å²) >= 11 is 0. The molecule has 0 bridgehead atoms. The summed E-state index contributed by atoms with van der Waals surface area (Å²) in [5, 5.41) is 4.52. The normalized spacial score (nSPS) is 11.8. The van der Waals surface area contributed by atoms with Gasteiger partial charge in [-0.25, -0.2) is 18.0 Å². The zero-order valence-electron chi connectivity index (χ0n) is 15.1. The molecule has 2 aromatic rings. The van der Waals surface area contributed by atoms with Crippen molar-refractivity contribution in [3.8, 4) is 0 Å². The van der Waals surface area contributed by atoms with Crippen LogP contribution in [0.5, 0.6) is 0 Å². The Bertz CT molecular complexity index is 976. The Hall–Kier alpha value is -3.40. The minimum absolute atomic E-state index is 0.0180. The SMILES string of the molecule is CC(OC(=O)c1ccccc1NS(C)(=O)=O)C(=O)NC(=O)Nc1ccccc1. The number of carbonyl (C=O) groups excluding carboxylic acids is 3. The number of ether oxygens (including phenoxy) is 1. The van der Waals surface area contributed by atoms with Crippen molar-refractivity contribution in [2.24, 2.45) is 0 Å². The van der Waals surface area contributed by atoms with Crippen LogP contribution < -0.4 is 15.4 Å².